The van der Waals surface area contributed by atoms with Gasteiger partial charge in [0.1, 0.15) is 0 Å². The standard InChI is InChI=1S/C16H24O3/c1-3-8-14-9-10-15(16(13-14)18-2)19-12-7-5-4-6-11-17/h3,9-10,13,17H,1,4-8,11-12H2,2H3. The van der Waals surface area contributed by atoms with Crippen LogP contribution >= 0.6 is 0 Å². The average Bonchev–Trinajstić information content (AvgIpc) is 2.44. The maximum Gasteiger partial charge on any atom is 0.161 e. The number of hydrogen-bond donors (Lipinski definition) is 1. The van der Waals surface area contributed by atoms with Crippen molar-refractivity contribution < 1.29 is 14.6 Å². The first-order valence-corrected chi connectivity index (χ1v) is 6.83. The minimum atomic E-state index is 0.277. The Bertz CT molecular complexity index is 374. The number of benzene rings is 1. The molecule has 0 saturated heterocycles. The zero-order chi connectivity index (χ0) is 13.9. The van der Waals surface area contributed by atoms with Crippen LogP contribution in [0, 0.1) is 0 Å². The van der Waals surface area contributed by atoms with Gasteiger partial charge in [-0.15, -0.1) is 6.58 Å². The van der Waals surface area contributed by atoms with E-state index >= 15 is 0 Å². The predicted molar refractivity (Wildman–Crippen MR) is 77.9 cm³/mol. The summed E-state index contributed by atoms with van der Waals surface area (Å²) >= 11 is 0. The van der Waals surface area contributed by atoms with Crippen molar-refractivity contribution in [2.75, 3.05) is 20.3 Å². The lowest BCUT2D eigenvalue weighted by Crippen LogP contribution is -2.00. The highest BCUT2D eigenvalue weighted by Gasteiger charge is 2.05. The predicted octanol–water partition coefficient (Wildman–Crippen LogP) is 3.36. The molecule has 0 saturated carbocycles. The van der Waals surface area contributed by atoms with E-state index in [0.29, 0.717) is 6.61 Å². The van der Waals surface area contributed by atoms with Gasteiger partial charge in [0.2, 0.25) is 0 Å². The summed E-state index contributed by atoms with van der Waals surface area (Å²) in [6.07, 6.45) is 6.71. The van der Waals surface area contributed by atoms with Gasteiger partial charge in [-0.05, 0) is 43.4 Å². The number of hydrogen-bond acceptors (Lipinski definition) is 3. The molecule has 0 aliphatic rings. The van der Waals surface area contributed by atoms with Gasteiger partial charge in [0.05, 0.1) is 13.7 Å². The number of ether oxygens (including phenoxy) is 2. The molecule has 0 aliphatic carbocycles. The second kappa shape index (κ2) is 9.45. The lowest BCUT2D eigenvalue weighted by molar-refractivity contribution is 0.268. The van der Waals surface area contributed by atoms with Crippen LogP contribution in [-0.2, 0) is 6.42 Å². The molecule has 0 atom stereocenters. The lowest BCUT2D eigenvalue weighted by atomic mass is 10.1. The third kappa shape index (κ3) is 5.79. The highest BCUT2D eigenvalue weighted by Crippen LogP contribution is 2.28. The van der Waals surface area contributed by atoms with Crippen LogP contribution in [0.2, 0.25) is 0 Å². The summed E-state index contributed by atoms with van der Waals surface area (Å²) in [4.78, 5) is 0. The summed E-state index contributed by atoms with van der Waals surface area (Å²) in [6.45, 7) is 4.69. The Kier molecular flexibility index (Phi) is 7.75. The molecule has 0 aromatic heterocycles. The van der Waals surface area contributed by atoms with Crippen molar-refractivity contribution in [2.24, 2.45) is 0 Å². The fourth-order valence-electron chi connectivity index (χ4n) is 1.87. The molecule has 1 aromatic carbocycles. The Morgan fingerprint density at radius 3 is 2.63 bits per heavy atom. The first-order valence-electron chi connectivity index (χ1n) is 6.83. The molecule has 0 spiro atoms. The maximum absolute atomic E-state index is 8.68. The van der Waals surface area contributed by atoms with Gasteiger partial charge in [-0.1, -0.05) is 18.6 Å². The summed E-state index contributed by atoms with van der Waals surface area (Å²) in [6, 6.07) is 5.97. The Balaban J connectivity index is 2.42. The van der Waals surface area contributed by atoms with Crippen molar-refractivity contribution in [3.63, 3.8) is 0 Å². The fraction of sp³-hybridized carbons (Fsp3) is 0.500. The zero-order valence-electron chi connectivity index (χ0n) is 11.7. The molecule has 0 fully saturated rings. The van der Waals surface area contributed by atoms with E-state index in [1.54, 1.807) is 7.11 Å². The van der Waals surface area contributed by atoms with Gasteiger partial charge >= 0.3 is 0 Å². The van der Waals surface area contributed by atoms with E-state index in [-0.39, 0.29) is 6.61 Å². The van der Waals surface area contributed by atoms with Gasteiger partial charge < -0.3 is 14.6 Å². The molecule has 1 rings (SSSR count). The largest absolute Gasteiger partial charge is 0.493 e. The van der Waals surface area contributed by atoms with Gasteiger partial charge in [-0.25, -0.2) is 0 Å². The molecular weight excluding hydrogens is 240 g/mol. The van der Waals surface area contributed by atoms with E-state index in [0.717, 1.165) is 43.6 Å². The minimum Gasteiger partial charge on any atom is -0.493 e. The summed E-state index contributed by atoms with van der Waals surface area (Å²) in [5, 5.41) is 8.68. The first-order chi connectivity index (χ1) is 9.31. The smallest absolute Gasteiger partial charge is 0.161 e. The topological polar surface area (TPSA) is 38.7 Å². The molecular formula is C16H24O3. The second-order valence-electron chi connectivity index (χ2n) is 4.46. The Morgan fingerprint density at radius 2 is 1.95 bits per heavy atom. The van der Waals surface area contributed by atoms with E-state index in [1.807, 2.05) is 24.3 Å². The van der Waals surface area contributed by atoms with Crippen molar-refractivity contribution in [2.45, 2.75) is 32.1 Å². The molecule has 1 aromatic rings. The maximum atomic E-state index is 8.68. The highest BCUT2D eigenvalue weighted by molar-refractivity contribution is 5.43. The van der Waals surface area contributed by atoms with Crippen LogP contribution < -0.4 is 9.47 Å². The van der Waals surface area contributed by atoms with Crippen LogP contribution in [0.25, 0.3) is 0 Å². The highest BCUT2D eigenvalue weighted by atomic mass is 16.5. The van der Waals surface area contributed by atoms with Crippen molar-refractivity contribution in [3.05, 3.63) is 36.4 Å². The van der Waals surface area contributed by atoms with E-state index in [4.69, 9.17) is 14.6 Å². The van der Waals surface area contributed by atoms with Crippen LogP contribution in [0.3, 0.4) is 0 Å². The summed E-state index contributed by atoms with van der Waals surface area (Å²) in [7, 11) is 1.65. The second-order valence-corrected chi connectivity index (χ2v) is 4.46. The number of rotatable bonds is 10. The molecule has 106 valence electrons. The first kappa shape index (κ1) is 15.6. The minimum absolute atomic E-state index is 0.277. The lowest BCUT2D eigenvalue weighted by Gasteiger charge is -2.11. The van der Waals surface area contributed by atoms with E-state index < -0.39 is 0 Å². The molecule has 0 radical (unpaired) electrons. The van der Waals surface area contributed by atoms with Gasteiger partial charge in [-0.2, -0.15) is 0 Å². The number of allylic oxidation sites excluding steroid dienone is 1. The van der Waals surface area contributed by atoms with Gasteiger partial charge in [0.25, 0.3) is 0 Å². The monoisotopic (exact) mass is 264 g/mol. The molecule has 0 aliphatic heterocycles. The number of aliphatic hydroxyl groups excluding tert-OH is 1. The number of aliphatic hydroxyl groups is 1. The van der Waals surface area contributed by atoms with E-state index in [1.165, 1.54) is 5.56 Å². The molecule has 0 bridgehead atoms. The van der Waals surface area contributed by atoms with Crippen LogP contribution in [0.15, 0.2) is 30.9 Å². The van der Waals surface area contributed by atoms with Gasteiger partial charge in [-0.3, -0.25) is 0 Å². The van der Waals surface area contributed by atoms with Crippen LogP contribution in [0.1, 0.15) is 31.2 Å². The average molecular weight is 264 g/mol. The van der Waals surface area contributed by atoms with E-state index in [9.17, 15) is 0 Å². The Labute approximate surface area is 115 Å². The molecule has 3 nitrogen and oxygen atoms in total. The van der Waals surface area contributed by atoms with Crippen LogP contribution in [0.5, 0.6) is 11.5 Å². The van der Waals surface area contributed by atoms with Crippen molar-refractivity contribution in [1.29, 1.82) is 0 Å². The molecule has 0 heterocycles. The molecule has 19 heavy (non-hydrogen) atoms. The summed E-state index contributed by atoms with van der Waals surface area (Å²) in [5.41, 5.74) is 1.17. The van der Waals surface area contributed by atoms with Gasteiger partial charge in [0, 0.05) is 6.61 Å². The molecule has 3 heteroatoms. The zero-order valence-corrected chi connectivity index (χ0v) is 11.7. The fourth-order valence-corrected chi connectivity index (χ4v) is 1.87. The molecule has 1 N–H and O–H groups in total. The summed E-state index contributed by atoms with van der Waals surface area (Å²) < 4.78 is 11.1. The Hall–Kier alpha value is -1.48. The third-order valence-corrected chi connectivity index (χ3v) is 2.92. The van der Waals surface area contributed by atoms with Crippen LogP contribution in [0.4, 0.5) is 0 Å². The van der Waals surface area contributed by atoms with E-state index in [2.05, 4.69) is 6.58 Å². The normalized spacial score (nSPS) is 10.2. The number of unbranched alkanes of at least 4 members (excludes halogenated alkanes) is 3. The Morgan fingerprint density at radius 1 is 1.16 bits per heavy atom. The number of methoxy groups -OCH3 is 1. The third-order valence-electron chi connectivity index (χ3n) is 2.92. The van der Waals surface area contributed by atoms with Crippen molar-refractivity contribution in [1.82, 2.24) is 0 Å². The molecule has 0 unspecified atom stereocenters. The summed E-state index contributed by atoms with van der Waals surface area (Å²) in [5.74, 6) is 1.56. The SMILES string of the molecule is C=CCc1ccc(OCCCCCCO)c(OC)c1. The van der Waals surface area contributed by atoms with Gasteiger partial charge in [0.15, 0.2) is 11.5 Å². The molecule has 0 amide bonds. The van der Waals surface area contributed by atoms with Crippen LogP contribution in [-0.4, -0.2) is 25.4 Å². The van der Waals surface area contributed by atoms with Crippen molar-refractivity contribution >= 4 is 0 Å². The van der Waals surface area contributed by atoms with Crippen molar-refractivity contribution in [3.8, 4) is 11.5 Å². The quantitative estimate of drug-likeness (QED) is 0.520.